The fourth-order valence-corrected chi connectivity index (χ4v) is 2.24. The van der Waals surface area contributed by atoms with Gasteiger partial charge in [0, 0.05) is 25.7 Å². The zero-order valence-electron chi connectivity index (χ0n) is 9.70. The van der Waals surface area contributed by atoms with Crippen LogP contribution in [0.3, 0.4) is 0 Å². The molecule has 0 aromatic heterocycles. The highest BCUT2D eigenvalue weighted by Crippen LogP contribution is 2.26. The fraction of sp³-hybridized carbons (Fsp3) is 1.00. The van der Waals surface area contributed by atoms with Gasteiger partial charge < -0.3 is 10.5 Å². The third-order valence-electron chi connectivity index (χ3n) is 3.50. The van der Waals surface area contributed by atoms with E-state index in [0.29, 0.717) is 12.0 Å². The average Bonchev–Trinajstić information content (AvgIpc) is 2.02. The van der Waals surface area contributed by atoms with Crippen LogP contribution < -0.4 is 5.73 Å². The molecule has 84 valence electrons. The predicted molar refractivity (Wildman–Crippen MR) is 59.3 cm³/mol. The molecule has 0 spiro atoms. The predicted octanol–water partition coefficient (Wildman–Crippen LogP) is 1.08. The Labute approximate surface area is 87.6 Å². The highest BCUT2D eigenvalue weighted by Gasteiger charge is 2.29. The number of hydrogen-bond acceptors (Lipinski definition) is 3. The van der Waals surface area contributed by atoms with Crippen LogP contribution in [0.2, 0.25) is 0 Å². The molecule has 0 heterocycles. The first kappa shape index (κ1) is 12.0. The van der Waals surface area contributed by atoms with Crippen LogP contribution in [-0.4, -0.2) is 44.3 Å². The lowest BCUT2D eigenvalue weighted by atomic mass is 9.89. The van der Waals surface area contributed by atoms with E-state index >= 15 is 0 Å². The summed E-state index contributed by atoms with van der Waals surface area (Å²) in [5, 5.41) is 0. The van der Waals surface area contributed by atoms with Gasteiger partial charge in [-0.1, -0.05) is 13.3 Å². The molecule has 1 aliphatic rings. The van der Waals surface area contributed by atoms with E-state index in [4.69, 9.17) is 10.5 Å². The van der Waals surface area contributed by atoms with E-state index in [9.17, 15) is 0 Å². The third kappa shape index (κ3) is 2.69. The Hall–Kier alpha value is -0.120. The van der Waals surface area contributed by atoms with Gasteiger partial charge in [-0.25, -0.2) is 0 Å². The van der Waals surface area contributed by atoms with Crippen LogP contribution in [-0.2, 0) is 4.74 Å². The normalized spacial score (nSPS) is 22.1. The van der Waals surface area contributed by atoms with Gasteiger partial charge in [0.1, 0.15) is 0 Å². The van der Waals surface area contributed by atoms with Crippen LogP contribution in [0, 0.1) is 5.92 Å². The topological polar surface area (TPSA) is 38.5 Å². The van der Waals surface area contributed by atoms with Crippen molar-refractivity contribution in [1.29, 1.82) is 0 Å². The molecule has 0 aromatic rings. The minimum absolute atomic E-state index is 0.472. The van der Waals surface area contributed by atoms with E-state index in [-0.39, 0.29) is 0 Å². The Morgan fingerprint density at radius 1 is 1.50 bits per heavy atom. The van der Waals surface area contributed by atoms with Crippen molar-refractivity contribution >= 4 is 0 Å². The highest BCUT2D eigenvalue weighted by molar-refractivity contribution is 4.85. The van der Waals surface area contributed by atoms with Crippen molar-refractivity contribution in [2.24, 2.45) is 11.7 Å². The van der Waals surface area contributed by atoms with Gasteiger partial charge in [0.2, 0.25) is 0 Å². The zero-order valence-corrected chi connectivity index (χ0v) is 9.70. The SMILES string of the molecule is COCC(C)C(CN)N(C)C1CCC1. The summed E-state index contributed by atoms with van der Waals surface area (Å²) in [7, 11) is 3.96. The van der Waals surface area contributed by atoms with Crippen molar-refractivity contribution in [1.82, 2.24) is 4.90 Å². The number of methoxy groups -OCH3 is 1. The highest BCUT2D eigenvalue weighted by atomic mass is 16.5. The van der Waals surface area contributed by atoms with Crippen LogP contribution >= 0.6 is 0 Å². The number of nitrogens with two attached hydrogens (primary N) is 1. The molecule has 3 heteroatoms. The van der Waals surface area contributed by atoms with Gasteiger partial charge in [0.25, 0.3) is 0 Å². The summed E-state index contributed by atoms with van der Waals surface area (Å²) in [5.74, 6) is 0.524. The molecule has 0 bridgehead atoms. The van der Waals surface area contributed by atoms with Crippen LogP contribution in [0.1, 0.15) is 26.2 Å². The Bertz CT molecular complexity index is 159. The molecule has 1 aliphatic carbocycles. The Morgan fingerprint density at radius 3 is 2.50 bits per heavy atom. The Balaban J connectivity index is 2.41. The summed E-state index contributed by atoms with van der Waals surface area (Å²) in [6, 6.07) is 1.24. The number of hydrogen-bond donors (Lipinski definition) is 1. The van der Waals surface area contributed by atoms with Crippen molar-refractivity contribution in [2.45, 2.75) is 38.3 Å². The zero-order chi connectivity index (χ0) is 10.6. The molecule has 0 radical (unpaired) electrons. The van der Waals surface area contributed by atoms with Gasteiger partial charge in [-0.2, -0.15) is 0 Å². The first-order chi connectivity index (χ1) is 6.70. The second kappa shape index (κ2) is 5.69. The van der Waals surface area contributed by atoms with Crippen LogP contribution in [0.25, 0.3) is 0 Å². The average molecular weight is 200 g/mol. The standard InChI is InChI=1S/C11H24N2O/c1-9(8-14-3)11(7-12)13(2)10-5-4-6-10/h9-11H,4-8,12H2,1-3H3. The van der Waals surface area contributed by atoms with Gasteiger partial charge in [-0.15, -0.1) is 0 Å². The minimum atomic E-state index is 0.472. The number of ether oxygens (including phenoxy) is 1. The van der Waals surface area contributed by atoms with Crippen molar-refractivity contribution < 1.29 is 4.74 Å². The third-order valence-corrected chi connectivity index (χ3v) is 3.50. The Morgan fingerprint density at radius 2 is 2.14 bits per heavy atom. The van der Waals surface area contributed by atoms with E-state index in [1.807, 2.05) is 0 Å². The molecule has 2 unspecified atom stereocenters. The summed E-state index contributed by atoms with van der Waals surface area (Å²) >= 11 is 0. The van der Waals surface area contributed by atoms with Gasteiger partial charge >= 0.3 is 0 Å². The number of rotatable bonds is 6. The van der Waals surface area contributed by atoms with Crippen LogP contribution in [0.5, 0.6) is 0 Å². The van der Waals surface area contributed by atoms with E-state index < -0.39 is 0 Å². The maximum absolute atomic E-state index is 5.82. The fourth-order valence-electron chi connectivity index (χ4n) is 2.24. The maximum Gasteiger partial charge on any atom is 0.0503 e. The molecular formula is C11H24N2O. The van der Waals surface area contributed by atoms with Gasteiger partial charge in [-0.3, -0.25) is 4.90 Å². The van der Waals surface area contributed by atoms with Crippen molar-refractivity contribution in [3.8, 4) is 0 Å². The summed E-state index contributed by atoms with van der Waals surface area (Å²) < 4.78 is 5.19. The molecule has 2 atom stereocenters. The molecule has 2 N–H and O–H groups in total. The quantitative estimate of drug-likeness (QED) is 0.697. The molecule has 1 saturated carbocycles. The van der Waals surface area contributed by atoms with E-state index in [1.165, 1.54) is 19.3 Å². The number of likely N-dealkylation sites (N-methyl/N-ethyl adjacent to an activating group) is 1. The molecule has 0 amide bonds. The Kier molecular flexibility index (Phi) is 4.85. The monoisotopic (exact) mass is 200 g/mol. The molecule has 0 saturated heterocycles. The lowest BCUT2D eigenvalue weighted by Crippen LogP contribution is -2.50. The largest absolute Gasteiger partial charge is 0.384 e. The lowest BCUT2D eigenvalue weighted by Gasteiger charge is -2.41. The number of nitrogens with zero attached hydrogens (tertiary/aromatic N) is 1. The second-order valence-electron chi connectivity index (χ2n) is 4.49. The first-order valence-electron chi connectivity index (χ1n) is 5.61. The van der Waals surface area contributed by atoms with Gasteiger partial charge in [0.05, 0.1) is 6.61 Å². The smallest absolute Gasteiger partial charge is 0.0503 e. The van der Waals surface area contributed by atoms with Gasteiger partial charge in [0.15, 0.2) is 0 Å². The summed E-state index contributed by atoms with van der Waals surface area (Å²) in [5.41, 5.74) is 5.82. The van der Waals surface area contributed by atoms with Gasteiger partial charge in [-0.05, 0) is 25.8 Å². The molecule has 1 fully saturated rings. The molecule has 14 heavy (non-hydrogen) atoms. The molecular weight excluding hydrogens is 176 g/mol. The molecule has 3 nitrogen and oxygen atoms in total. The summed E-state index contributed by atoms with van der Waals surface area (Å²) in [4.78, 5) is 2.45. The van der Waals surface area contributed by atoms with Crippen molar-refractivity contribution in [2.75, 3.05) is 27.3 Å². The van der Waals surface area contributed by atoms with Crippen molar-refractivity contribution in [3.63, 3.8) is 0 Å². The van der Waals surface area contributed by atoms with E-state index in [0.717, 1.165) is 19.2 Å². The van der Waals surface area contributed by atoms with Crippen LogP contribution in [0.4, 0.5) is 0 Å². The molecule has 0 aliphatic heterocycles. The van der Waals surface area contributed by atoms with E-state index in [2.05, 4.69) is 18.9 Å². The molecule has 0 aromatic carbocycles. The van der Waals surface area contributed by atoms with Crippen molar-refractivity contribution in [3.05, 3.63) is 0 Å². The molecule has 1 rings (SSSR count). The lowest BCUT2D eigenvalue weighted by molar-refractivity contribution is 0.0510. The summed E-state index contributed by atoms with van der Waals surface area (Å²) in [6.45, 7) is 3.76. The second-order valence-corrected chi connectivity index (χ2v) is 4.49. The van der Waals surface area contributed by atoms with Crippen LogP contribution in [0.15, 0.2) is 0 Å². The first-order valence-corrected chi connectivity index (χ1v) is 5.61. The summed E-state index contributed by atoms with van der Waals surface area (Å²) in [6.07, 6.45) is 4.06. The minimum Gasteiger partial charge on any atom is -0.384 e. The maximum atomic E-state index is 5.82. The van der Waals surface area contributed by atoms with E-state index in [1.54, 1.807) is 7.11 Å².